The van der Waals surface area contributed by atoms with Crippen molar-refractivity contribution in [2.24, 2.45) is 56.7 Å². The number of amides is 1. The van der Waals surface area contributed by atoms with Crippen molar-refractivity contribution in [2.45, 2.75) is 132 Å². The van der Waals surface area contributed by atoms with Crippen LogP contribution in [0.2, 0.25) is 0 Å². The zero-order chi connectivity index (χ0) is 28.2. The summed E-state index contributed by atoms with van der Waals surface area (Å²) >= 11 is 0. The van der Waals surface area contributed by atoms with Crippen molar-refractivity contribution in [2.75, 3.05) is 6.61 Å². The number of Topliss-reactive ketones (excluding diaryl/α,β-unsaturated/α-hetero) is 1. The monoisotopic (exact) mass is 537 g/mol. The van der Waals surface area contributed by atoms with Crippen molar-refractivity contribution in [1.29, 1.82) is 0 Å². The number of allylic oxidation sites excluding steroid dienone is 2. The number of hydrogen-bond acceptors (Lipinski definition) is 3. The van der Waals surface area contributed by atoms with E-state index in [1.54, 1.807) is 5.57 Å². The summed E-state index contributed by atoms with van der Waals surface area (Å²) in [5, 5.41) is 3.33. The third-order valence-corrected chi connectivity index (χ3v) is 14.3. The van der Waals surface area contributed by atoms with E-state index in [9.17, 15) is 9.59 Å². The summed E-state index contributed by atoms with van der Waals surface area (Å²) in [6, 6.07) is 0.178. The van der Waals surface area contributed by atoms with Crippen LogP contribution in [-0.4, -0.2) is 24.5 Å². The third-order valence-electron chi connectivity index (χ3n) is 14.3. The largest absolute Gasteiger partial charge is 0.449 e. The summed E-state index contributed by atoms with van der Waals surface area (Å²) in [5.74, 6) is 3.20. The molecule has 39 heavy (non-hydrogen) atoms. The number of rotatable bonds is 4. The molecule has 6 aliphatic rings. The Kier molecular flexibility index (Phi) is 6.31. The van der Waals surface area contributed by atoms with Crippen LogP contribution in [0.1, 0.15) is 126 Å². The molecule has 0 aromatic rings. The van der Waals surface area contributed by atoms with E-state index >= 15 is 0 Å². The molecule has 5 saturated carbocycles. The van der Waals surface area contributed by atoms with Gasteiger partial charge in [0.05, 0.1) is 6.61 Å². The van der Waals surface area contributed by atoms with E-state index in [1.165, 1.54) is 63.4 Å². The third kappa shape index (κ3) is 3.88. The van der Waals surface area contributed by atoms with Gasteiger partial charge in [0, 0.05) is 12.5 Å². The average molecular weight is 538 g/mol. The highest BCUT2D eigenvalue weighted by Crippen LogP contribution is 2.76. The molecule has 0 saturated heterocycles. The summed E-state index contributed by atoms with van der Waals surface area (Å²) in [6.45, 7) is 20.2. The van der Waals surface area contributed by atoms with Gasteiger partial charge in [-0.3, -0.25) is 4.79 Å². The molecule has 1 amide bonds. The fourth-order valence-corrected chi connectivity index (χ4v) is 11.8. The van der Waals surface area contributed by atoms with Gasteiger partial charge in [0.15, 0.2) is 5.78 Å². The molecule has 0 heterocycles. The SMILES string of the molecule is CC(C)C1=C2[C@H]3CC[C@@H]4[C@@]5(C)CCC(NC(=O)OCC6CC6)C(C)(C)[C@@H]5CC[C@@]4(C)[C@]3(C)CC[C@@]2(C)CC1=O. The number of ketones is 1. The molecule has 4 nitrogen and oxygen atoms in total. The fourth-order valence-electron chi connectivity index (χ4n) is 11.8. The van der Waals surface area contributed by atoms with Gasteiger partial charge in [0.2, 0.25) is 0 Å². The van der Waals surface area contributed by atoms with Gasteiger partial charge in [0.25, 0.3) is 0 Å². The molecule has 6 aliphatic carbocycles. The molecule has 8 atom stereocenters. The molecule has 1 unspecified atom stereocenters. The second-order valence-corrected chi connectivity index (χ2v) is 16.9. The van der Waals surface area contributed by atoms with Crippen molar-refractivity contribution in [1.82, 2.24) is 5.32 Å². The zero-order valence-corrected chi connectivity index (χ0v) is 26.2. The lowest BCUT2D eigenvalue weighted by molar-refractivity contribution is -0.215. The van der Waals surface area contributed by atoms with Crippen LogP contribution in [0.3, 0.4) is 0 Å². The minimum Gasteiger partial charge on any atom is -0.449 e. The van der Waals surface area contributed by atoms with Crippen LogP contribution in [0.25, 0.3) is 0 Å². The molecule has 218 valence electrons. The minimum absolute atomic E-state index is 0.0427. The second-order valence-electron chi connectivity index (χ2n) is 16.9. The Morgan fingerprint density at radius 1 is 0.872 bits per heavy atom. The van der Waals surface area contributed by atoms with Crippen LogP contribution in [0.4, 0.5) is 4.79 Å². The lowest BCUT2D eigenvalue weighted by Gasteiger charge is -2.72. The van der Waals surface area contributed by atoms with Crippen LogP contribution in [0.15, 0.2) is 11.1 Å². The molecule has 0 aliphatic heterocycles. The number of carbonyl (C=O) groups is 2. The van der Waals surface area contributed by atoms with Crippen molar-refractivity contribution in [3.63, 3.8) is 0 Å². The molecular formula is C35H55NO3. The Morgan fingerprint density at radius 3 is 2.26 bits per heavy atom. The standard InChI is InChI=1S/C35H55NO3/c1-21(2)28-24(37)19-32(5)17-18-34(7)23(29(28)32)11-12-26-33(6)15-14-27(36-30(38)39-20-22-9-10-22)31(3,4)25(33)13-16-35(26,34)8/h21-23,25-27H,9-20H2,1-8H3,(H,36,38)/t23-,25+,26-,27?,32+,33+,34-,35-/m1/s1. The first-order valence-electron chi connectivity index (χ1n) is 16.4. The molecule has 0 bridgehead atoms. The van der Waals surface area contributed by atoms with Gasteiger partial charge in [-0.15, -0.1) is 0 Å². The normalized spacial score (nSPS) is 46.7. The van der Waals surface area contributed by atoms with E-state index in [0.29, 0.717) is 42.0 Å². The molecule has 1 N–H and O–H groups in total. The van der Waals surface area contributed by atoms with Crippen molar-refractivity contribution < 1.29 is 14.3 Å². The quantitative estimate of drug-likeness (QED) is 0.391. The molecule has 5 fully saturated rings. The lowest BCUT2D eigenvalue weighted by atomic mass is 9.33. The van der Waals surface area contributed by atoms with Crippen LogP contribution in [-0.2, 0) is 9.53 Å². The van der Waals surface area contributed by atoms with Crippen LogP contribution in [0.5, 0.6) is 0 Å². The van der Waals surface area contributed by atoms with Gasteiger partial charge in [-0.2, -0.15) is 0 Å². The maximum Gasteiger partial charge on any atom is 0.407 e. The molecule has 0 aromatic heterocycles. The van der Waals surface area contributed by atoms with E-state index in [1.807, 2.05) is 0 Å². The summed E-state index contributed by atoms with van der Waals surface area (Å²) in [6.07, 6.45) is 12.6. The van der Waals surface area contributed by atoms with Gasteiger partial charge in [-0.1, -0.05) is 61.0 Å². The minimum atomic E-state index is -0.206. The van der Waals surface area contributed by atoms with E-state index in [0.717, 1.165) is 12.8 Å². The number of hydrogen-bond donors (Lipinski definition) is 1. The lowest BCUT2D eigenvalue weighted by Crippen LogP contribution is -2.66. The first-order chi connectivity index (χ1) is 18.2. The van der Waals surface area contributed by atoms with Crippen LogP contribution < -0.4 is 5.32 Å². The van der Waals surface area contributed by atoms with Gasteiger partial charge in [-0.25, -0.2) is 4.79 Å². The number of fused-ring (bicyclic) bond motifs is 7. The number of nitrogens with one attached hydrogen (secondary N) is 1. The Hall–Kier alpha value is -1.32. The van der Waals surface area contributed by atoms with E-state index in [4.69, 9.17) is 4.74 Å². The Bertz CT molecular complexity index is 1090. The topological polar surface area (TPSA) is 55.4 Å². The first-order valence-corrected chi connectivity index (χ1v) is 16.4. The summed E-state index contributed by atoms with van der Waals surface area (Å²) in [5.41, 5.74) is 3.73. The van der Waals surface area contributed by atoms with Crippen LogP contribution in [0, 0.1) is 56.7 Å². The van der Waals surface area contributed by atoms with Crippen LogP contribution >= 0.6 is 0 Å². The van der Waals surface area contributed by atoms with Gasteiger partial charge in [0.1, 0.15) is 0 Å². The Balaban J connectivity index is 1.28. The fraction of sp³-hybridized carbons (Fsp3) is 0.886. The number of ether oxygens (including phenoxy) is 1. The predicted molar refractivity (Wildman–Crippen MR) is 156 cm³/mol. The Labute approximate surface area is 237 Å². The smallest absolute Gasteiger partial charge is 0.407 e. The summed E-state index contributed by atoms with van der Waals surface area (Å²) in [7, 11) is 0. The predicted octanol–water partition coefficient (Wildman–Crippen LogP) is 8.49. The highest BCUT2D eigenvalue weighted by Gasteiger charge is 2.69. The number of carbonyl (C=O) groups excluding carboxylic acids is 2. The molecule has 4 heteroatoms. The maximum absolute atomic E-state index is 13.3. The van der Waals surface area contributed by atoms with E-state index in [2.05, 4.69) is 60.7 Å². The summed E-state index contributed by atoms with van der Waals surface area (Å²) in [4.78, 5) is 26.0. The highest BCUT2D eigenvalue weighted by atomic mass is 16.5. The van der Waals surface area contributed by atoms with Gasteiger partial charge in [-0.05, 0) is 126 Å². The van der Waals surface area contributed by atoms with E-state index in [-0.39, 0.29) is 39.2 Å². The molecule has 0 radical (unpaired) electrons. The van der Waals surface area contributed by atoms with Crippen molar-refractivity contribution in [3.8, 4) is 0 Å². The molecule has 6 rings (SSSR count). The molecular weight excluding hydrogens is 482 g/mol. The molecule has 0 spiro atoms. The van der Waals surface area contributed by atoms with Gasteiger partial charge < -0.3 is 10.1 Å². The van der Waals surface area contributed by atoms with Crippen molar-refractivity contribution in [3.05, 3.63) is 11.1 Å². The number of alkyl carbamates (subject to hydrolysis) is 1. The second kappa shape index (κ2) is 8.84. The molecule has 0 aromatic carbocycles. The van der Waals surface area contributed by atoms with Crippen molar-refractivity contribution >= 4 is 11.9 Å². The average Bonchev–Trinajstić information content (AvgIpc) is 3.62. The van der Waals surface area contributed by atoms with E-state index < -0.39 is 0 Å². The first kappa shape index (κ1) is 27.8. The summed E-state index contributed by atoms with van der Waals surface area (Å²) < 4.78 is 5.59. The van der Waals surface area contributed by atoms with Gasteiger partial charge >= 0.3 is 6.09 Å². The maximum atomic E-state index is 13.3. The zero-order valence-electron chi connectivity index (χ0n) is 26.2. The Morgan fingerprint density at radius 2 is 1.59 bits per heavy atom. The highest BCUT2D eigenvalue weighted by molar-refractivity contribution is 6.00.